The van der Waals surface area contributed by atoms with E-state index < -0.39 is 6.10 Å². The number of hydrogen-bond acceptors (Lipinski definition) is 3. The Morgan fingerprint density at radius 3 is 2.60 bits per heavy atom. The summed E-state index contributed by atoms with van der Waals surface area (Å²) in [5.74, 6) is 0.703. The number of benzene rings is 1. The topological polar surface area (TPSA) is 77.0 Å². The third-order valence-corrected chi connectivity index (χ3v) is 4.32. The number of guanidine groups is 1. The molecule has 3 N–H and O–H groups in total. The molecule has 1 aromatic carbocycles. The van der Waals surface area contributed by atoms with Crippen molar-refractivity contribution in [1.29, 1.82) is 0 Å². The van der Waals surface area contributed by atoms with Crippen LogP contribution in [0.5, 0.6) is 0 Å². The minimum absolute atomic E-state index is 0.0845. The van der Waals surface area contributed by atoms with Crippen molar-refractivity contribution in [3.05, 3.63) is 35.9 Å². The largest absolute Gasteiger partial charge is 0.388 e. The predicted molar refractivity (Wildman–Crippen MR) is 100 cm³/mol. The van der Waals surface area contributed by atoms with Crippen molar-refractivity contribution < 1.29 is 9.90 Å². The molecule has 1 amide bonds. The molecule has 2 rings (SSSR count). The first-order valence-electron chi connectivity index (χ1n) is 9.23. The Morgan fingerprint density at radius 2 is 1.92 bits per heavy atom. The summed E-state index contributed by atoms with van der Waals surface area (Å²) in [5.41, 5.74) is 0.909. The van der Waals surface area contributed by atoms with Gasteiger partial charge in [0.1, 0.15) is 6.54 Å². The van der Waals surface area contributed by atoms with Gasteiger partial charge in [-0.2, -0.15) is 0 Å². The average Bonchev–Trinajstić information content (AvgIpc) is 2.67. The fourth-order valence-corrected chi connectivity index (χ4v) is 2.90. The van der Waals surface area contributed by atoms with Crippen molar-refractivity contribution in [2.45, 2.75) is 38.7 Å². The first kappa shape index (κ1) is 19.2. The minimum atomic E-state index is -0.508. The lowest BCUT2D eigenvalue weighted by Crippen LogP contribution is -2.41. The molecule has 0 spiro atoms. The van der Waals surface area contributed by atoms with Crippen LogP contribution in [0.1, 0.15) is 44.3 Å². The van der Waals surface area contributed by atoms with Gasteiger partial charge in [0.15, 0.2) is 5.96 Å². The summed E-state index contributed by atoms with van der Waals surface area (Å²) in [4.78, 5) is 18.5. The highest BCUT2D eigenvalue weighted by atomic mass is 16.3. The zero-order valence-corrected chi connectivity index (χ0v) is 15.1. The summed E-state index contributed by atoms with van der Waals surface area (Å²) in [6.45, 7) is 5.16. The second kappa shape index (κ2) is 10.7. The molecule has 1 aromatic rings. The number of hydrogen-bond donors (Lipinski definition) is 3. The number of aliphatic hydroxyl groups excluding tert-OH is 1. The lowest BCUT2D eigenvalue weighted by atomic mass is 10.1. The quantitative estimate of drug-likeness (QED) is 0.519. The van der Waals surface area contributed by atoms with Crippen molar-refractivity contribution in [2.24, 2.45) is 4.99 Å². The standard InChI is InChI=1S/C19H30N4O2/c1-2-20-19(22-15-18(25)23-13-7-4-8-14-23)21-12-11-17(24)16-9-5-3-6-10-16/h3,5-6,9-10,17,24H,2,4,7-8,11-15H2,1H3,(H2,20,21,22). The normalized spacial score (nSPS) is 16.4. The van der Waals surface area contributed by atoms with Gasteiger partial charge in [-0.15, -0.1) is 0 Å². The van der Waals surface area contributed by atoms with Crippen molar-refractivity contribution in [1.82, 2.24) is 15.5 Å². The number of rotatable bonds is 7. The summed E-state index contributed by atoms with van der Waals surface area (Å²) >= 11 is 0. The van der Waals surface area contributed by atoms with E-state index >= 15 is 0 Å². The van der Waals surface area contributed by atoms with Gasteiger partial charge in [-0.25, -0.2) is 4.99 Å². The molecule has 1 saturated heterocycles. The first-order chi connectivity index (χ1) is 12.2. The van der Waals surface area contributed by atoms with Crippen LogP contribution < -0.4 is 10.6 Å². The molecule has 6 nitrogen and oxygen atoms in total. The Bertz CT molecular complexity index is 542. The maximum atomic E-state index is 12.2. The van der Waals surface area contributed by atoms with E-state index in [2.05, 4.69) is 15.6 Å². The van der Waals surface area contributed by atoms with Gasteiger partial charge in [0, 0.05) is 26.2 Å². The van der Waals surface area contributed by atoms with Gasteiger partial charge in [0.2, 0.25) is 5.91 Å². The van der Waals surface area contributed by atoms with E-state index in [9.17, 15) is 9.90 Å². The smallest absolute Gasteiger partial charge is 0.244 e. The Morgan fingerprint density at radius 1 is 1.20 bits per heavy atom. The number of carbonyl (C=O) groups is 1. The number of nitrogens with zero attached hydrogens (tertiary/aromatic N) is 2. The van der Waals surface area contributed by atoms with E-state index in [0.717, 1.165) is 38.0 Å². The molecule has 0 saturated carbocycles. The van der Waals surface area contributed by atoms with E-state index in [1.54, 1.807) is 0 Å². The summed E-state index contributed by atoms with van der Waals surface area (Å²) in [6, 6.07) is 9.61. The molecule has 1 aliphatic rings. The van der Waals surface area contributed by atoms with Crippen molar-refractivity contribution in [2.75, 3.05) is 32.7 Å². The second-order valence-electron chi connectivity index (χ2n) is 6.28. The SMILES string of the molecule is CCNC(=NCC(=O)N1CCCCC1)NCCC(O)c1ccccc1. The molecule has 1 heterocycles. The highest BCUT2D eigenvalue weighted by Gasteiger charge is 2.16. The van der Waals surface area contributed by atoms with Crippen LogP contribution in [0.25, 0.3) is 0 Å². The Labute approximate surface area is 150 Å². The van der Waals surface area contributed by atoms with Crippen LogP contribution in [0, 0.1) is 0 Å². The van der Waals surface area contributed by atoms with E-state index in [4.69, 9.17) is 0 Å². The Balaban J connectivity index is 1.78. The van der Waals surface area contributed by atoms with Gasteiger partial charge in [-0.3, -0.25) is 4.79 Å². The predicted octanol–water partition coefficient (Wildman–Crippen LogP) is 1.68. The number of aliphatic imine (C=N–C) groups is 1. The highest BCUT2D eigenvalue weighted by molar-refractivity contribution is 5.85. The van der Waals surface area contributed by atoms with Crippen LogP contribution in [0.2, 0.25) is 0 Å². The fraction of sp³-hybridized carbons (Fsp3) is 0.579. The molecule has 25 heavy (non-hydrogen) atoms. The summed E-state index contributed by atoms with van der Waals surface area (Å²) < 4.78 is 0. The molecule has 0 bridgehead atoms. The second-order valence-corrected chi connectivity index (χ2v) is 6.28. The van der Waals surface area contributed by atoms with Crippen LogP contribution in [-0.2, 0) is 4.79 Å². The monoisotopic (exact) mass is 346 g/mol. The van der Waals surface area contributed by atoms with Crippen LogP contribution in [0.4, 0.5) is 0 Å². The maximum Gasteiger partial charge on any atom is 0.244 e. The molecule has 6 heteroatoms. The van der Waals surface area contributed by atoms with Gasteiger partial charge < -0.3 is 20.6 Å². The number of amides is 1. The molecule has 138 valence electrons. The molecule has 1 fully saturated rings. The van der Waals surface area contributed by atoms with Crippen LogP contribution in [0.3, 0.4) is 0 Å². The third kappa shape index (κ3) is 6.74. The lowest BCUT2D eigenvalue weighted by molar-refractivity contribution is -0.130. The van der Waals surface area contributed by atoms with Gasteiger partial charge in [0.25, 0.3) is 0 Å². The Hall–Kier alpha value is -2.08. The zero-order chi connectivity index (χ0) is 17.9. The van der Waals surface area contributed by atoms with Gasteiger partial charge in [0.05, 0.1) is 6.10 Å². The first-order valence-corrected chi connectivity index (χ1v) is 9.23. The van der Waals surface area contributed by atoms with E-state index in [1.807, 2.05) is 42.2 Å². The molecule has 1 unspecified atom stereocenters. The van der Waals surface area contributed by atoms with E-state index in [1.165, 1.54) is 6.42 Å². The molecule has 1 atom stereocenters. The number of aliphatic hydroxyl groups is 1. The summed E-state index contributed by atoms with van der Waals surface area (Å²) in [6.07, 6.45) is 3.46. The molecule has 0 aliphatic carbocycles. The molecule has 1 aliphatic heterocycles. The average molecular weight is 346 g/mol. The van der Waals surface area contributed by atoms with Crippen molar-refractivity contribution in [3.8, 4) is 0 Å². The van der Waals surface area contributed by atoms with Crippen LogP contribution in [0.15, 0.2) is 35.3 Å². The fourth-order valence-electron chi connectivity index (χ4n) is 2.90. The molecular weight excluding hydrogens is 316 g/mol. The van der Waals surface area contributed by atoms with E-state index in [0.29, 0.717) is 18.9 Å². The van der Waals surface area contributed by atoms with E-state index in [-0.39, 0.29) is 12.5 Å². The lowest BCUT2D eigenvalue weighted by Gasteiger charge is -2.26. The van der Waals surface area contributed by atoms with Gasteiger partial charge >= 0.3 is 0 Å². The molecule has 0 radical (unpaired) electrons. The van der Waals surface area contributed by atoms with Crippen LogP contribution in [-0.4, -0.2) is 54.6 Å². The number of carbonyl (C=O) groups excluding carboxylic acids is 1. The molecular formula is C19H30N4O2. The van der Waals surface area contributed by atoms with Gasteiger partial charge in [-0.05, 0) is 38.2 Å². The van der Waals surface area contributed by atoms with Gasteiger partial charge in [-0.1, -0.05) is 30.3 Å². The summed E-state index contributed by atoms with van der Waals surface area (Å²) in [5, 5.41) is 16.5. The molecule has 0 aromatic heterocycles. The zero-order valence-electron chi connectivity index (χ0n) is 15.1. The minimum Gasteiger partial charge on any atom is -0.388 e. The number of nitrogens with one attached hydrogen (secondary N) is 2. The maximum absolute atomic E-state index is 12.2. The van der Waals surface area contributed by atoms with Crippen LogP contribution >= 0.6 is 0 Å². The van der Waals surface area contributed by atoms with Crippen molar-refractivity contribution >= 4 is 11.9 Å². The highest BCUT2D eigenvalue weighted by Crippen LogP contribution is 2.14. The third-order valence-electron chi connectivity index (χ3n) is 4.32. The summed E-state index contributed by atoms with van der Waals surface area (Å²) in [7, 11) is 0. The Kier molecular flexibility index (Phi) is 8.25. The number of likely N-dealkylation sites (tertiary alicyclic amines) is 1. The van der Waals surface area contributed by atoms with Crippen molar-refractivity contribution in [3.63, 3.8) is 0 Å². The number of piperidine rings is 1.